The van der Waals surface area contributed by atoms with Crippen molar-refractivity contribution in [2.24, 2.45) is 4.99 Å². The van der Waals surface area contributed by atoms with E-state index in [9.17, 15) is 13.2 Å². The van der Waals surface area contributed by atoms with E-state index in [0.717, 1.165) is 11.3 Å². The molecule has 0 aromatic heterocycles. The van der Waals surface area contributed by atoms with Crippen LogP contribution in [0.25, 0.3) is 0 Å². The lowest BCUT2D eigenvalue weighted by molar-refractivity contribution is -0.142. The highest BCUT2D eigenvalue weighted by Crippen LogP contribution is 2.22. The maximum Gasteiger partial charge on any atom is 0.401 e. The molecule has 0 amide bonds. The predicted octanol–water partition coefficient (Wildman–Crippen LogP) is 3.02. The fourth-order valence-corrected chi connectivity index (χ4v) is 2.23. The highest BCUT2D eigenvalue weighted by atomic mass is 19.4. The summed E-state index contributed by atoms with van der Waals surface area (Å²) in [6.45, 7) is 6.11. The number of halogens is 3. The summed E-state index contributed by atoms with van der Waals surface area (Å²) in [5, 5.41) is 6.17. The van der Waals surface area contributed by atoms with Gasteiger partial charge in [0.15, 0.2) is 5.96 Å². The van der Waals surface area contributed by atoms with Gasteiger partial charge in [0, 0.05) is 32.2 Å². The van der Waals surface area contributed by atoms with Gasteiger partial charge in [0.1, 0.15) is 11.4 Å². The minimum atomic E-state index is -4.19. The van der Waals surface area contributed by atoms with Gasteiger partial charge < -0.3 is 15.4 Å². The van der Waals surface area contributed by atoms with Crippen molar-refractivity contribution in [1.29, 1.82) is 0 Å². The first-order chi connectivity index (χ1) is 12.0. The molecular formula is C18H29F3N4O. The van der Waals surface area contributed by atoms with E-state index >= 15 is 0 Å². The third-order valence-electron chi connectivity index (χ3n) is 3.29. The zero-order valence-electron chi connectivity index (χ0n) is 16.1. The van der Waals surface area contributed by atoms with Gasteiger partial charge in [-0.3, -0.25) is 9.89 Å². The fourth-order valence-electron chi connectivity index (χ4n) is 2.23. The second-order valence-electron chi connectivity index (χ2n) is 7.03. The molecule has 0 aliphatic heterocycles. The Kier molecular flexibility index (Phi) is 8.20. The number of benzene rings is 1. The smallest absolute Gasteiger partial charge is 0.401 e. The Morgan fingerprint density at radius 2 is 1.81 bits per heavy atom. The van der Waals surface area contributed by atoms with Crippen LogP contribution in [0.4, 0.5) is 13.2 Å². The number of likely N-dealkylation sites (N-methyl/N-ethyl adjacent to an activating group) is 1. The van der Waals surface area contributed by atoms with Crippen LogP contribution < -0.4 is 15.4 Å². The van der Waals surface area contributed by atoms with Crippen LogP contribution in [-0.4, -0.2) is 56.4 Å². The van der Waals surface area contributed by atoms with E-state index in [1.54, 1.807) is 7.05 Å². The lowest BCUT2D eigenvalue weighted by Gasteiger charge is -2.23. The largest absolute Gasteiger partial charge is 0.488 e. The number of rotatable bonds is 7. The summed E-state index contributed by atoms with van der Waals surface area (Å²) in [4.78, 5) is 5.31. The average Bonchev–Trinajstić information content (AvgIpc) is 2.48. The van der Waals surface area contributed by atoms with Crippen LogP contribution >= 0.6 is 0 Å². The van der Waals surface area contributed by atoms with Crippen molar-refractivity contribution in [2.45, 2.75) is 39.1 Å². The molecule has 0 atom stereocenters. The van der Waals surface area contributed by atoms with E-state index < -0.39 is 12.7 Å². The molecule has 5 nitrogen and oxygen atoms in total. The fraction of sp³-hybridized carbons (Fsp3) is 0.611. The highest BCUT2D eigenvalue weighted by Gasteiger charge is 2.28. The normalized spacial score (nSPS) is 13.0. The first kappa shape index (κ1) is 22.1. The van der Waals surface area contributed by atoms with E-state index in [2.05, 4.69) is 15.6 Å². The lowest BCUT2D eigenvalue weighted by atomic mass is 10.1. The molecule has 0 spiro atoms. The van der Waals surface area contributed by atoms with Gasteiger partial charge in [-0.25, -0.2) is 0 Å². The standard InChI is InChI=1S/C18H29F3N4O/c1-17(2,3)26-15-9-7-6-8-14(15)12-24-16(22-4)23-10-11-25(5)13-18(19,20)21/h6-9H,10-13H2,1-5H3,(H2,22,23,24). The van der Waals surface area contributed by atoms with E-state index in [1.165, 1.54) is 11.9 Å². The number of para-hydroxylation sites is 1. The number of guanidine groups is 1. The Labute approximate surface area is 153 Å². The van der Waals surface area contributed by atoms with Gasteiger partial charge in [-0.05, 0) is 33.9 Å². The van der Waals surface area contributed by atoms with Gasteiger partial charge in [-0.15, -0.1) is 0 Å². The van der Waals surface area contributed by atoms with Gasteiger partial charge in [-0.1, -0.05) is 18.2 Å². The van der Waals surface area contributed by atoms with Crippen molar-refractivity contribution in [3.63, 3.8) is 0 Å². The molecule has 0 unspecified atom stereocenters. The molecule has 0 bridgehead atoms. The minimum Gasteiger partial charge on any atom is -0.488 e. The first-order valence-electron chi connectivity index (χ1n) is 8.47. The second kappa shape index (κ2) is 9.66. The van der Waals surface area contributed by atoms with Crippen LogP contribution in [0.2, 0.25) is 0 Å². The monoisotopic (exact) mass is 374 g/mol. The van der Waals surface area contributed by atoms with Crippen molar-refractivity contribution in [3.05, 3.63) is 29.8 Å². The summed E-state index contributed by atoms with van der Waals surface area (Å²) in [5.41, 5.74) is 0.665. The summed E-state index contributed by atoms with van der Waals surface area (Å²) in [6.07, 6.45) is -4.19. The average molecular weight is 374 g/mol. The Bertz CT molecular complexity index is 583. The lowest BCUT2D eigenvalue weighted by Crippen LogP contribution is -2.42. The molecule has 1 rings (SSSR count). The molecule has 8 heteroatoms. The zero-order chi connectivity index (χ0) is 19.8. The third kappa shape index (κ3) is 9.50. The minimum absolute atomic E-state index is 0.254. The summed E-state index contributed by atoms with van der Waals surface area (Å²) >= 11 is 0. The number of hydrogen-bond acceptors (Lipinski definition) is 3. The molecule has 26 heavy (non-hydrogen) atoms. The number of hydrogen-bond donors (Lipinski definition) is 2. The van der Waals surface area contributed by atoms with Crippen molar-refractivity contribution in [3.8, 4) is 5.75 Å². The van der Waals surface area contributed by atoms with Gasteiger partial charge in [0.25, 0.3) is 0 Å². The molecule has 1 aromatic rings. The van der Waals surface area contributed by atoms with E-state index in [-0.39, 0.29) is 12.1 Å². The van der Waals surface area contributed by atoms with Crippen molar-refractivity contribution in [2.75, 3.05) is 33.7 Å². The third-order valence-corrected chi connectivity index (χ3v) is 3.29. The van der Waals surface area contributed by atoms with Crippen molar-refractivity contribution in [1.82, 2.24) is 15.5 Å². The van der Waals surface area contributed by atoms with Crippen LogP contribution in [0.15, 0.2) is 29.3 Å². The summed E-state index contributed by atoms with van der Waals surface area (Å²) in [6, 6.07) is 7.70. The van der Waals surface area contributed by atoms with E-state index in [0.29, 0.717) is 19.0 Å². The zero-order valence-corrected chi connectivity index (χ0v) is 16.1. The van der Waals surface area contributed by atoms with Crippen LogP contribution in [0, 0.1) is 0 Å². The van der Waals surface area contributed by atoms with Crippen molar-refractivity contribution >= 4 is 5.96 Å². The Morgan fingerprint density at radius 1 is 1.15 bits per heavy atom. The quantitative estimate of drug-likeness (QED) is 0.569. The maximum atomic E-state index is 12.3. The molecule has 0 saturated heterocycles. The maximum absolute atomic E-state index is 12.3. The molecule has 148 valence electrons. The first-order valence-corrected chi connectivity index (χ1v) is 8.47. The molecule has 1 aromatic carbocycles. The summed E-state index contributed by atoms with van der Waals surface area (Å²) in [5.74, 6) is 1.31. The Morgan fingerprint density at radius 3 is 2.38 bits per heavy atom. The molecule has 2 N–H and O–H groups in total. The predicted molar refractivity (Wildman–Crippen MR) is 98.6 cm³/mol. The molecule has 0 aliphatic carbocycles. The second-order valence-corrected chi connectivity index (χ2v) is 7.03. The Balaban J connectivity index is 2.50. The molecule has 0 fully saturated rings. The molecular weight excluding hydrogens is 345 g/mol. The number of aliphatic imine (C=N–C) groups is 1. The number of nitrogens with zero attached hydrogens (tertiary/aromatic N) is 2. The number of alkyl halides is 3. The van der Waals surface area contributed by atoms with Crippen LogP contribution in [0.3, 0.4) is 0 Å². The van der Waals surface area contributed by atoms with Gasteiger partial charge in [0.05, 0.1) is 6.54 Å². The summed E-state index contributed by atoms with van der Waals surface area (Å²) < 4.78 is 42.9. The summed E-state index contributed by atoms with van der Waals surface area (Å²) in [7, 11) is 3.05. The van der Waals surface area contributed by atoms with E-state index in [4.69, 9.17) is 4.74 Å². The van der Waals surface area contributed by atoms with Gasteiger partial charge in [-0.2, -0.15) is 13.2 Å². The molecule has 0 heterocycles. The topological polar surface area (TPSA) is 48.9 Å². The van der Waals surface area contributed by atoms with Crippen LogP contribution in [0.5, 0.6) is 5.75 Å². The molecule has 0 radical (unpaired) electrons. The number of nitrogens with one attached hydrogen (secondary N) is 2. The molecule has 0 saturated carbocycles. The van der Waals surface area contributed by atoms with Gasteiger partial charge >= 0.3 is 6.18 Å². The Hall–Kier alpha value is -1.96. The van der Waals surface area contributed by atoms with Crippen LogP contribution in [-0.2, 0) is 6.54 Å². The SMILES string of the molecule is CN=C(NCCN(C)CC(F)(F)F)NCc1ccccc1OC(C)(C)C. The number of ether oxygens (including phenoxy) is 1. The van der Waals surface area contributed by atoms with Gasteiger partial charge in [0.2, 0.25) is 0 Å². The van der Waals surface area contributed by atoms with E-state index in [1.807, 2.05) is 45.0 Å². The van der Waals surface area contributed by atoms with Crippen molar-refractivity contribution < 1.29 is 17.9 Å². The highest BCUT2D eigenvalue weighted by molar-refractivity contribution is 5.79. The van der Waals surface area contributed by atoms with Crippen LogP contribution in [0.1, 0.15) is 26.3 Å². The molecule has 0 aliphatic rings.